The van der Waals surface area contributed by atoms with Gasteiger partial charge in [0.1, 0.15) is 0 Å². The Kier molecular flexibility index (Phi) is 7.22. The van der Waals surface area contributed by atoms with E-state index in [1.807, 2.05) is 39.0 Å². The first kappa shape index (κ1) is 26.6. The van der Waals surface area contributed by atoms with Crippen molar-refractivity contribution in [2.45, 2.75) is 46.2 Å². The van der Waals surface area contributed by atoms with Gasteiger partial charge in [-0.2, -0.15) is 5.10 Å². The summed E-state index contributed by atoms with van der Waals surface area (Å²) in [6.07, 6.45) is 2.88. The molecule has 9 nitrogen and oxygen atoms in total. The Labute approximate surface area is 234 Å². The molecule has 0 aliphatic carbocycles. The monoisotopic (exact) mass is 588 g/mol. The summed E-state index contributed by atoms with van der Waals surface area (Å²) in [5.41, 5.74) is 4.40. The fourth-order valence-corrected chi connectivity index (χ4v) is 5.06. The molecule has 1 aliphatic rings. The smallest absolute Gasteiger partial charge is 0.263 e. The van der Waals surface area contributed by atoms with E-state index in [1.54, 1.807) is 53.2 Å². The summed E-state index contributed by atoms with van der Waals surface area (Å²) in [7, 11) is 1.57. The number of nitrogens with one attached hydrogen (secondary N) is 1. The van der Waals surface area contributed by atoms with Crippen molar-refractivity contribution < 1.29 is 9.59 Å². The van der Waals surface area contributed by atoms with Gasteiger partial charge in [0, 0.05) is 40.4 Å². The maximum atomic E-state index is 14.0. The molecule has 39 heavy (non-hydrogen) atoms. The third-order valence-corrected chi connectivity index (χ3v) is 7.98. The summed E-state index contributed by atoms with van der Waals surface area (Å²) in [5, 5.41) is 7.22. The Morgan fingerprint density at radius 3 is 2.46 bits per heavy atom. The van der Waals surface area contributed by atoms with Crippen LogP contribution in [0.4, 0.5) is 0 Å². The molecular weight excluding hydrogens is 560 g/mol. The number of aromatic nitrogens is 4. The van der Waals surface area contributed by atoms with E-state index < -0.39 is 0 Å². The van der Waals surface area contributed by atoms with Crippen LogP contribution in [0, 0.1) is 6.92 Å². The first-order chi connectivity index (χ1) is 18.7. The van der Waals surface area contributed by atoms with Gasteiger partial charge in [0.15, 0.2) is 0 Å². The highest BCUT2D eigenvalue weighted by Gasteiger charge is 2.32. The number of carbonyl (C=O) groups excluding carboxylic acids is 2. The highest BCUT2D eigenvalue weighted by Crippen LogP contribution is 2.26. The number of fused-ring (bicyclic) bond motifs is 1. The zero-order valence-electron chi connectivity index (χ0n) is 22.2. The van der Waals surface area contributed by atoms with E-state index in [1.165, 1.54) is 4.57 Å². The summed E-state index contributed by atoms with van der Waals surface area (Å²) in [6, 6.07) is 14.0. The van der Waals surface area contributed by atoms with Crippen molar-refractivity contribution in [2.24, 2.45) is 0 Å². The van der Waals surface area contributed by atoms with Crippen LogP contribution in [-0.4, -0.2) is 49.1 Å². The second-order valence-electron chi connectivity index (χ2n) is 9.66. The molecule has 2 amide bonds. The molecule has 2 aromatic heterocycles. The second kappa shape index (κ2) is 10.6. The minimum atomic E-state index is -0.213. The quantitative estimate of drug-likeness (QED) is 0.379. The lowest BCUT2D eigenvalue weighted by Crippen LogP contribution is -2.46. The van der Waals surface area contributed by atoms with Crippen LogP contribution in [0.3, 0.4) is 0 Å². The molecule has 0 radical (unpaired) electrons. The number of amides is 2. The minimum Gasteiger partial charge on any atom is -0.355 e. The van der Waals surface area contributed by atoms with Crippen LogP contribution < -0.4 is 10.9 Å². The maximum absolute atomic E-state index is 14.0. The average molecular weight is 589 g/mol. The van der Waals surface area contributed by atoms with Crippen molar-refractivity contribution in [2.75, 3.05) is 7.05 Å². The van der Waals surface area contributed by atoms with Crippen molar-refractivity contribution in [1.29, 1.82) is 0 Å². The maximum Gasteiger partial charge on any atom is 0.263 e. The number of halogens is 1. The van der Waals surface area contributed by atoms with Gasteiger partial charge in [-0.05, 0) is 80.8 Å². The Bertz CT molecular complexity index is 1640. The Morgan fingerprint density at radius 2 is 1.82 bits per heavy atom. The van der Waals surface area contributed by atoms with Gasteiger partial charge in [-0.1, -0.05) is 22.9 Å². The molecule has 10 heteroatoms. The van der Waals surface area contributed by atoms with Crippen LogP contribution in [0.2, 0.25) is 0 Å². The van der Waals surface area contributed by atoms with Crippen LogP contribution in [0.25, 0.3) is 11.6 Å². The third-order valence-electron chi connectivity index (χ3n) is 7.09. The van der Waals surface area contributed by atoms with Crippen LogP contribution >= 0.6 is 15.9 Å². The minimum absolute atomic E-state index is 0.103. The van der Waals surface area contributed by atoms with Crippen LogP contribution in [0.1, 0.15) is 57.1 Å². The second-order valence-corrected chi connectivity index (χ2v) is 10.5. The van der Waals surface area contributed by atoms with E-state index in [0.717, 1.165) is 22.2 Å². The first-order valence-corrected chi connectivity index (χ1v) is 13.6. The van der Waals surface area contributed by atoms with E-state index in [0.29, 0.717) is 40.4 Å². The van der Waals surface area contributed by atoms with Crippen LogP contribution in [0.15, 0.2) is 64.0 Å². The van der Waals surface area contributed by atoms with Gasteiger partial charge in [-0.3, -0.25) is 14.4 Å². The number of aryl methyl sites for hydroxylation is 2. The molecule has 2 aromatic carbocycles. The number of benzene rings is 2. The highest BCUT2D eigenvalue weighted by atomic mass is 79.9. The number of hydrogen-bond donors (Lipinski definition) is 1. The number of carbonyl (C=O) groups is 2. The molecule has 200 valence electrons. The van der Waals surface area contributed by atoms with Gasteiger partial charge in [-0.15, -0.1) is 0 Å². The molecule has 1 aliphatic heterocycles. The Hall–Kier alpha value is -4.05. The molecule has 0 saturated heterocycles. The molecule has 3 heterocycles. The van der Waals surface area contributed by atoms with Crippen molar-refractivity contribution >= 4 is 27.7 Å². The largest absolute Gasteiger partial charge is 0.355 e. The van der Waals surface area contributed by atoms with E-state index in [-0.39, 0.29) is 30.0 Å². The third kappa shape index (κ3) is 4.92. The van der Waals surface area contributed by atoms with E-state index >= 15 is 0 Å². The molecule has 0 fully saturated rings. The normalized spacial score (nSPS) is 14.7. The zero-order chi connectivity index (χ0) is 27.8. The molecule has 1 atom stereocenters. The van der Waals surface area contributed by atoms with Gasteiger partial charge in [0.2, 0.25) is 5.95 Å². The topological polar surface area (TPSA) is 102 Å². The zero-order valence-corrected chi connectivity index (χ0v) is 23.8. The Morgan fingerprint density at radius 1 is 1.10 bits per heavy atom. The van der Waals surface area contributed by atoms with Crippen molar-refractivity contribution in [3.05, 3.63) is 103 Å². The number of hydrogen-bond acceptors (Lipinski definition) is 5. The molecule has 5 rings (SSSR count). The summed E-state index contributed by atoms with van der Waals surface area (Å²) in [4.78, 5) is 46.3. The predicted molar refractivity (Wildman–Crippen MR) is 152 cm³/mol. The standard InChI is InChI=1S/C29H29BrN6O3/c1-5-21-12-13-35(33-21)29-32-25-16-34(27(38)20-8-11-24(30)17(2)14-20)18(3)15-23(25)28(39)36(29)22-9-6-19(7-10-22)26(37)31-4/h6-14,18H,5,15-16H2,1-4H3,(H,31,37). The molecule has 1 unspecified atom stereocenters. The SMILES string of the molecule is CCc1ccn(-c2nc3c(c(=O)n2-c2ccc(C(=O)NC)cc2)CC(C)N(C(=O)c2ccc(Br)c(C)c2)C3)n1. The van der Waals surface area contributed by atoms with E-state index in [4.69, 9.17) is 4.98 Å². The van der Waals surface area contributed by atoms with Gasteiger partial charge in [-0.25, -0.2) is 14.2 Å². The highest BCUT2D eigenvalue weighted by molar-refractivity contribution is 9.10. The summed E-state index contributed by atoms with van der Waals surface area (Å²) in [5.74, 6) is 0.0120. The average Bonchev–Trinajstić information content (AvgIpc) is 3.43. The molecule has 4 aromatic rings. The van der Waals surface area contributed by atoms with Gasteiger partial charge in [0.05, 0.1) is 23.6 Å². The van der Waals surface area contributed by atoms with Crippen molar-refractivity contribution in [3.63, 3.8) is 0 Å². The number of rotatable bonds is 5. The fourth-order valence-electron chi connectivity index (χ4n) is 4.82. The molecule has 1 N–H and O–H groups in total. The van der Waals surface area contributed by atoms with E-state index in [9.17, 15) is 14.4 Å². The molecular formula is C29H29BrN6O3. The van der Waals surface area contributed by atoms with Crippen LogP contribution in [-0.2, 0) is 19.4 Å². The lowest BCUT2D eigenvalue weighted by Gasteiger charge is -2.34. The lowest BCUT2D eigenvalue weighted by atomic mass is 9.98. The summed E-state index contributed by atoms with van der Waals surface area (Å²) >= 11 is 3.49. The fraction of sp³-hybridized carbons (Fsp3) is 0.276. The molecule has 0 bridgehead atoms. The number of nitrogens with zero attached hydrogens (tertiary/aromatic N) is 5. The Balaban J connectivity index is 1.62. The van der Waals surface area contributed by atoms with Crippen molar-refractivity contribution in [3.8, 4) is 11.6 Å². The van der Waals surface area contributed by atoms with Gasteiger partial charge < -0.3 is 10.2 Å². The van der Waals surface area contributed by atoms with E-state index in [2.05, 4.69) is 26.3 Å². The summed E-state index contributed by atoms with van der Waals surface area (Å²) in [6.45, 7) is 6.11. The summed E-state index contributed by atoms with van der Waals surface area (Å²) < 4.78 is 4.06. The van der Waals surface area contributed by atoms with Crippen LogP contribution in [0.5, 0.6) is 0 Å². The van der Waals surface area contributed by atoms with Crippen molar-refractivity contribution in [1.82, 2.24) is 29.5 Å². The first-order valence-electron chi connectivity index (χ1n) is 12.8. The predicted octanol–water partition coefficient (Wildman–Crippen LogP) is 4.00. The molecule has 0 saturated carbocycles. The lowest BCUT2D eigenvalue weighted by molar-refractivity contribution is 0.0652. The van der Waals surface area contributed by atoms with Gasteiger partial charge >= 0.3 is 0 Å². The molecule has 0 spiro atoms. The van der Waals surface area contributed by atoms with Gasteiger partial charge in [0.25, 0.3) is 17.4 Å².